The van der Waals surface area contributed by atoms with Crippen molar-refractivity contribution in [3.05, 3.63) is 60.4 Å². The molecule has 0 radical (unpaired) electrons. The van der Waals surface area contributed by atoms with E-state index < -0.39 is 18.5 Å². The molecule has 0 aliphatic carbocycles. The van der Waals surface area contributed by atoms with Crippen LogP contribution in [-0.4, -0.2) is 45.8 Å². The lowest BCUT2D eigenvalue weighted by molar-refractivity contribution is -0.119. The summed E-state index contributed by atoms with van der Waals surface area (Å²) in [5.41, 5.74) is 1.43. The van der Waals surface area contributed by atoms with Crippen molar-refractivity contribution in [2.24, 2.45) is 0 Å². The molecule has 0 aliphatic rings. The molecule has 1 amide bonds. The lowest BCUT2D eigenvalue weighted by Gasteiger charge is -2.08. The molecule has 26 heavy (non-hydrogen) atoms. The standard InChI is InChI=1S/C17H15N5O4/c1-25-15-7-3-5-13(9-15)19-16(23)10-26-17(24)12-4-2-6-14(8-12)22-11-18-20-21-22/h2-9,11H,10H2,1H3,(H,19,23). The number of carbonyl (C=O) groups excluding carboxylic acids is 2. The largest absolute Gasteiger partial charge is 0.497 e. The van der Waals surface area contributed by atoms with E-state index in [2.05, 4.69) is 20.8 Å². The maximum atomic E-state index is 12.1. The van der Waals surface area contributed by atoms with Crippen molar-refractivity contribution in [3.8, 4) is 11.4 Å². The SMILES string of the molecule is COc1cccc(NC(=O)COC(=O)c2cccc(-n3cnnn3)c2)c1. The first-order valence-corrected chi connectivity index (χ1v) is 7.60. The molecule has 3 rings (SSSR count). The minimum Gasteiger partial charge on any atom is -0.497 e. The van der Waals surface area contributed by atoms with Gasteiger partial charge in [-0.2, -0.15) is 0 Å². The normalized spacial score (nSPS) is 10.2. The van der Waals surface area contributed by atoms with Gasteiger partial charge in [-0.05, 0) is 40.8 Å². The molecule has 0 spiro atoms. The number of aromatic nitrogens is 4. The number of nitrogens with zero attached hydrogens (tertiary/aromatic N) is 4. The van der Waals surface area contributed by atoms with Gasteiger partial charge < -0.3 is 14.8 Å². The number of carbonyl (C=O) groups is 2. The second kappa shape index (κ2) is 7.88. The third-order valence-electron chi connectivity index (χ3n) is 3.38. The van der Waals surface area contributed by atoms with E-state index in [4.69, 9.17) is 9.47 Å². The number of ether oxygens (including phenoxy) is 2. The van der Waals surface area contributed by atoms with Crippen LogP contribution in [0.25, 0.3) is 5.69 Å². The second-order valence-electron chi connectivity index (χ2n) is 5.16. The highest BCUT2D eigenvalue weighted by Crippen LogP contribution is 2.16. The number of rotatable bonds is 6. The summed E-state index contributed by atoms with van der Waals surface area (Å²) in [5.74, 6) is -0.469. The Morgan fingerprint density at radius 1 is 1.15 bits per heavy atom. The monoisotopic (exact) mass is 353 g/mol. The Balaban J connectivity index is 1.58. The van der Waals surface area contributed by atoms with Crippen molar-refractivity contribution in [2.45, 2.75) is 0 Å². The third-order valence-corrected chi connectivity index (χ3v) is 3.38. The summed E-state index contributed by atoms with van der Waals surface area (Å²) in [6.45, 7) is -0.412. The molecule has 2 aromatic carbocycles. The minimum atomic E-state index is -0.624. The quantitative estimate of drug-likeness (QED) is 0.668. The number of hydrogen-bond acceptors (Lipinski definition) is 7. The van der Waals surface area contributed by atoms with Crippen molar-refractivity contribution in [2.75, 3.05) is 19.0 Å². The third kappa shape index (κ3) is 4.20. The Morgan fingerprint density at radius 3 is 2.77 bits per heavy atom. The highest BCUT2D eigenvalue weighted by Gasteiger charge is 2.12. The second-order valence-corrected chi connectivity index (χ2v) is 5.16. The first kappa shape index (κ1) is 17.1. The molecule has 1 aromatic heterocycles. The van der Waals surface area contributed by atoms with Crippen LogP contribution in [0.15, 0.2) is 54.9 Å². The summed E-state index contributed by atoms with van der Waals surface area (Å²) in [7, 11) is 1.53. The van der Waals surface area contributed by atoms with Crippen LogP contribution in [0.1, 0.15) is 10.4 Å². The van der Waals surface area contributed by atoms with Gasteiger partial charge in [0.15, 0.2) is 6.61 Å². The van der Waals surface area contributed by atoms with Crippen LogP contribution in [0.2, 0.25) is 0 Å². The summed E-state index contributed by atoms with van der Waals surface area (Å²) in [4.78, 5) is 24.1. The van der Waals surface area contributed by atoms with E-state index in [1.165, 1.54) is 18.1 Å². The molecule has 0 atom stereocenters. The molecule has 0 aliphatic heterocycles. The maximum Gasteiger partial charge on any atom is 0.338 e. The zero-order valence-electron chi connectivity index (χ0n) is 13.8. The first-order valence-electron chi connectivity index (χ1n) is 7.60. The number of amides is 1. The fraction of sp³-hybridized carbons (Fsp3) is 0.118. The molecule has 9 heteroatoms. The smallest absolute Gasteiger partial charge is 0.338 e. The molecule has 1 heterocycles. The number of methoxy groups -OCH3 is 1. The van der Waals surface area contributed by atoms with Crippen molar-refractivity contribution in [1.82, 2.24) is 20.2 Å². The summed E-state index contributed by atoms with van der Waals surface area (Å²) < 4.78 is 11.5. The Hall–Kier alpha value is -3.75. The summed E-state index contributed by atoms with van der Waals surface area (Å²) >= 11 is 0. The van der Waals surface area contributed by atoms with Crippen molar-refractivity contribution < 1.29 is 19.1 Å². The topological polar surface area (TPSA) is 108 Å². The van der Waals surface area contributed by atoms with E-state index in [0.29, 0.717) is 17.1 Å². The lowest BCUT2D eigenvalue weighted by Crippen LogP contribution is -2.21. The van der Waals surface area contributed by atoms with Crippen molar-refractivity contribution in [3.63, 3.8) is 0 Å². The number of benzene rings is 2. The minimum absolute atomic E-state index is 0.284. The van der Waals surface area contributed by atoms with Crippen LogP contribution in [0.3, 0.4) is 0 Å². The van der Waals surface area contributed by atoms with Gasteiger partial charge in [0.05, 0.1) is 18.4 Å². The molecule has 0 saturated heterocycles. The molecule has 0 bridgehead atoms. The summed E-state index contributed by atoms with van der Waals surface area (Å²) in [5, 5.41) is 13.5. The highest BCUT2D eigenvalue weighted by atomic mass is 16.5. The van der Waals surface area contributed by atoms with Crippen LogP contribution in [0, 0.1) is 0 Å². The summed E-state index contributed by atoms with van der Waals surface area (Å²) in [6, 6.07) is 13.4. The van der Waals surface area contributed by atoms with E-state index in [0.717, 1.165) is 0 Å². The maximum absolute atomic E-state index is 12.1. The van der Waals surface area contributed by atoms with Gasteiger partial charge in [-0.25, -0.2) is 9.48 Å². The van der Waals surface area contributed by atoms with Crippen molar-refractivity contribution >= 4 is 17.6 Å². The van der Waals surface area contributed by atoms with E-state index in [9.17, 15) is 9.59 Å². The molecule has 0 saturated carbocycles. The predicted octanol–water partition coefficient (Wildman–Crippen LogP) is 1.47. The number of esters is 1. The first-order chi connectivity index (χ1) is 12.7. The average Bonchev–Trinajstić information content (AvgIpc) is 3.21. The van der Waals surface area contributed by atoms with Crippen LogP contribution in [0.4, 0.5) is 5.69 Å². The molecular weight excluding hydrogens is 338 g/mol. The number of hydrogen-bond donors (Lipinski definition) is 1. The Labute approximate surface area is 148 Å². The van der Waals surface area contributed by atoms with E-state index in [1.54, 1.807) is 48.5 Å². The van der Waals surface area contributed by atoms with Crippen LogP contribution in [0.5, 0.6) is 5.75 Å². The number of tetrazole rings is 1. The molecular formula is C17H15N5O4. The molecule has 0 unspecified atom stereocenters. The van der Waals surface area contributed by atoms with Gasteiger partial charge >= 0.3 is 5.97 Å². The van der Waals surface area contributed by atoms with Gasteiger partial charge in [-0.15, -0.1) is 5.10 Å². The predicted molar refractivity (Wildman–Crippen MR) is 91.1 cm³/mol. The van der Waals surface area contributed by atoms with Gasteiger partial charge in [0, 0.05) is 11.8 Å². The van der Waals surface area contributed by atoms with E-state index in [1.807, 2.05) is 0 Å². The Bertz CT molecular complexity index is 911. The fourth-order valence-electron chi connectivity index (χ4n) is 2.17. The van der Waals surface area contributed by atoms with Gasteiger partial charge in [-0.3, -0.25) is 4.79 Å². The number of anilines is 1. The molecule has 1 N–H and O–H groups in total. The summed E-state index contributed by atoms with van der Waals surface area (Å²) in [6.07, 6.45) is 1.41. The van der Waals surface area contributed by atoms with Crippen LogP contribution < -0.4 is 10.1 Å². The Kier molecular flexibility index (Phi) is 5.18. The van der Waals surface area contributed by atoms with Gasteiger partial charge in [-0.1, -0.05) is 12.1 Å². The van der Waals surface area contributed by atoms with Crippen LogP contribution >= 0.6 is 0 Å². The number of nitrogens with one attached hydrogen (secondary N) is 1. The van der Waals surface area contributed by atoms with Gasteiger partial charge in [0.2, 0.25) is 0 Å². The zero-order chi connectivity index (χ0) is 18.4. The van der Waals surface area contributed by atoms with Gasteiger partial charge in [0.25, 0.3) is 5.91 Å². The molecule has 9 nitrogen and oxygen atoms in total. The fourth-order valence-corrected chi connectivity index (χ4v) is 2.17. The lowest BCUT2D eigenvalue weighted by atomic mass is 10.2. The van der Waals surface area contributed by atoms with Crippen LogP contribution in [-0.2, 0) is 9.53 Å². The van der Waals surface area contributed by atoms with Gasteiger partial charge in [0.1, 0.15) is 12.1 Å². The molecule has 3 aromatic rings. The molecule has 0 fully saturated rings. The van der Waals surface area contributed by atoms with Crippen molar-refractivity contribution in [1.29, 1.82) is 0 Å². The van der Waals surface area contributed by atoms with E-state index in [-0.39, 0.29) is 5.56 Å². The highest BCUT2D eigenvalue weighted by molar-refractivity contribution is 5.95. The molecule has 132 valence electrons. The Morgan fingerprint density at radius 2 is 2.00 bits per heavy atom. The van der Waals surface area contributed by atoms with E-state index >= 15 is 0 Å². The average molecular weight is 353 g/mol. The zero-order valence-corrected chi connectivity index (χ0v) is 13.8.